The Morgan fingerprint density at radius 3 is 2.10 bits per heavy atom. The molecule has 0 aromatic heterocycles. The average Bonchev–Trinajstić information content (AvgIpc) is 3.21. The van der Waals surface area contributed by atoms with E-state index in [-0.39, 0.29) is 45.0 Å². The Balaban J connectivity index is 0.00000356. The molecule has 352 valence electrons. The number of aliphatic hydroxyl groups is 1. The Bertz CT molecular complexity index is 1330. The van der Waals surface area contributed by atoms with Gasteiger partial charge in [-0.05, 0) is 90.7 Å². The molecule has 0 spiro atoms. The summed E-state index contributed by atoms with van der Waals surface area (Å²) in [4.78, 5) is 94.9. The van der Waals surface area contributed by atoms with Crippen molar-refractivity contribution < 1.29 is 62.7 Å². The number of guanidine groups is 1. The van der Waals surface area contributed by atoms with Gasteiger partial charge in [0.15, 0.2) is 5.96 Å². The van der Waals surface area contributed by atoms with Gasteiger partial charge in [0.25, 0.3) is 0 Å². The summed E-state index contributed by atoms with van der Waals surface area (Å²) in [5, 5.41) is 32.5. The molecular weight excluding hydrogens is 821 g/mol. The van der Waals surface area contributed by atoms with E-state index in [1.807, 2.05) is 6.92 Å². The number of ketones is 2. The molecule has 0 radical (unpaired) electrons. The van der Waals surface area contributed by atoms with Crippen LogP contribution in [0.3, 0.4) is 0 Å². The second kappa shape index (κ2) is 35.6. The maximum Gasteiger partial charge on any atom is 0.303 e. The molecule has 1 saturated heterocycles. The van der Waals surface area contributed by atoms with Crippen molar-refractivity contribution in [1.82, 2.24) is 26.6 Å². The van der Waals surface area contributed by atoms with E-state index in [9.17, 15) is 43.8 Å². The highest BCUT2D eigenvalue weighted by molar-refractivity contribution is 7.98. The highest BCUT2D eigenvalue weighted by Crippen LogP contribution is 2.09. The van der Waals surface area contributed by atoms with Gasteiger partial charge in [-0.3, -0.25) is 38.6 Å². The van der Waals surface area contributed by atoms with Crippen LogP contribution in [0.15, 0.2) is 4.99 Å². The number of ether oxygens (including phenoxy) is 4. The number of aliphatic carboxylic acids is 1. The maximum absolute atomic E-state index is 13.7. The van der Waals surface area contributed by atoms with E-state index in [0.717, 1.165) is 39.3 Å². The van der Waals surface area contributed by atoms with Crippen LogP contribution in [0, 0.1) is 0 Å². The first-order chi connectivity index (χ1) is 29.1. The number of hydrogen-bond acceptors (Lipinski definition) is 15. The number of carbonyl (C=O) groups is 7. The van der Waals surface area contributed by atoms with Gasteiger partial charge in [-0.1, -0.05) is 6.92 Å². The second-order valence-electron chi connectivity index (χ2n) is 14.1. The molecule has 22 heteroatoms. The molecule has 3 unspecified atom stereocenters. The highest BCUT2D eigenvalue weighted by atomic mass is 32.2. The Kier molecular flexibility index (Phi) is 33.3. The molecule has 1 heterocycles. The minimum atomic E-state index is -1.55. The summed E-state index contributed by atoms with van der Waals surface area (Å²) in [5.74, 6) is -6.11. The molecule has 21 nitrogen and oxygen atoms in total. The van der Waals surface area contributed by atoms with Crippen LogP contribution < -0.4 is 38.1 Å². The molecule has 1 aliphatic rings. The summed E-state index contributed by atoms with van der Waals surface area (Å²) in [6.07, 6.45) is 2.89. The van der Waals surface area contributed by atoms with Gasteiger partial charge in [0.2, 0.25) is 35.2 Å². The van der Waals surface area contributed by atoms with Gasteiger partial charge in [-0.15, -0.1) is 0 Å². The number of rotatable bonds is 17. The number of nitrogens with one attached hydrogen (secondary N) is 5. The number of nitrogens with two attached hydrogens (primary N) is 2. The second-order valence-corrected chi connectivity index (χ2v) is 15.1. The summed E-state index contributed by atoms with van der Waals surface area (Å²) < 4.78 is 21.0. The van der Waals surface area contributed by atoms with Gasteiger partial charge in [0.1, 0.15) is 24.7 Å². The number of carboxylic acids is 1. The van der Waals surface area contributed by atoms with Crippen molar-refractivity contribution in [2.45, 2.75) is 122 Å². The van der Waals surface area contributed by atoms with E-state index < -0.39 is 96.9 Å². The quantitative estimate of drug-likeness (QED) is 0.0357. The van der Waals surface area contributed by atoms with E-state index in [4.69, 9.17) is 30.4 Å². The van der Waals surface area contributed by atoms with Crippen molar-refractivity contribution in [2.24, 2.45) is 16.5 Å². The molecule has 0 aromatic carbocycles. The normalized spacial score (nSPS) is 23.0. The molecule has 11 N–H and O–H groups in total. The van der Waals surface area contributed by atoms with Gasteiger partial charge < -0.3 is 67.2 Å². The van der Waals surface area contributed by atoms with Gasteiger partial charge in [-0.25, -0.2) is 0 Å². The molecule has 4 amide bonds. The monoisotopic (exact) mass is 892 g/mol. The van der Waals surface area contributed by atoms with Crippen molar-refractivity contribution in [3.05, 3.63) is 0 Å². The third kappa shape index (κ3) is 28.3. The van der Waals surface area contributed by atoms with Crippen LogP contribution in [0.2, 0.25) is 0 Å². The molecular formula is C39H72N8O13S. The first-order valence-corrected chi connectivity index (χ1v) is 22.3. The molecule has 0 aromatic rings. The zero-order valence-electron chi connectivity index (χ0n) is 36.5. The topological polar surface area (TPSA) is 321 Å². The third-order valence-corrected chi connectivity index (χ3v) is 9.41. The lowest BCUT2D eigenvalue weighted by Crippen LogP contribution is -2.60. The molecule has 0 saturated carbocycles. The van der Waals surface area contributed by atoms with Crippen LogP contribution in [0.4, 0.5) is 0 Å². The van der Waals surface area contributed by atoms with Gasteiger partial charge in [0.05, 0.1) is 44.6 Å². The largest absolute Gasteiger partial charge is 0.481 e. The fraction of sp³-hybridized carbons (Fsp3) is 0.795. The van der Waals surface area contributed by atoms with Crippen LogP contribution in [-0.4, -0.2) is 172 Å². The predicted molar refractivity (Wildman–Crippen MR) is 230 cm³/mol. The van der Waals surface area contributed by atoms with E-state index in [1.54, 1.807) is 13.2 Å². The average molecular weight is 893 g/mol. The van der Waals surface area contributed by atoms with Crippen molar-refractivity contribution in [1.29, 1.82) is 0 Å². The summed E-state index contributed by atoms with van der Waals surface area (Å²) in [6, 6.07) is -6.48. The molecule has 1 fully saturated rings. The number of aliphatic hydroxyl groups excluding tert-OH is 1. The number of hydrogen-bond donors (Lipinski definition) is 9. The molecule has 6 atom stereocenters. The smallest absolute Gasteiger partial charge is 0.303 e. The molecule has 0 aliphatic carbocycles. The summed E-state index contributed by atoms with van der Waals surface area (Å²) in [6.45, 7) is 10.8. The zero-order chi connectivity index (χ0) is 46.0. The minimum absolute atomic E-state index is 0.0549. The van der Waals surface area contributed by atoms with Crippen LogP contribution in [-0.2, 0) is 52.5 Å². The Morgan fingerprint density at radius 2 is 1.48 bits per heavy atom. The molecule has 61 heavy (non-hydrogen) atoms. The van der Waals surface area contributed by atoms with Crippen molar-refractivity contribution in [3.63, 3.8) is 0 Å². The standard InChI is InChI=1S/C32H56N8O11S.C7H16O2/c1-19-27(45)28(46)21(11-17-52-3)37-29(47)22(8-7-13-36-32(33)34)38-30(48)23(9-10-25(43)44)39-31(49)26(20(2)41)40-24(42)18-51-16-15-50-14-6-4-5-12-35-19;1-3-5-9-7-6-8-4-2/h19-23,26,35,41H,4-18H2,1-3H3,(H,37,47)(H,38,48)(H,39,49)(H,40,42)(H,43,44)(H4,33,34,36);3-7H2,1-2H3/t19?,20-,21?,22+,23?,26+;/m1./s1. The van der Waals surface area contributed by atoms with Gasteiger partial charge >= 0.3 is 5.97 Å². The van der Waals surface area contributed by atoms with E-state index >= 15 is 0 Å². The maximum atomic E-state index is 13.7. The fourth-order valence-electron chi connectivity index (χ4n) is 5.44. The number of aliphatic imine (C=N–C) groups is 1. The number of carbonyl (C=O) groups excluding carboxylic acids is 6. The van der Waals surface area contributed by atoms with Crippen LogP contribution in [0.5, 0.6) is 0 Å². The first kappa shape index (κ1) is 57.1. The van der Waals surface area contributed by atoms with Crippen molar-refractivity contribution in [3.8, 4) is 0 Å². The van der Waals surface area contributed by atoms with Crippen molar-refractivity contribution >= 4 is 58.9 Å². The van der Waals surface area contributed by atoms with Crippen LogP contribution in [0.1, 0.15) is 85.5 Å². The van der Waals surface area contributed by atoms with Gasteiger partial charge in [-0.2, -0.15) is 11.8 Å². The Hall–Kier alpha value is -3.93. The van der Waals surface area contributed by atoms with Gasteiger partial charge in [0, 0.05) is 32.8 Å². The van der Waals surface area contributed by atoms with Crippen LogP contribution >= 0.6 is 11.8 Å². The number of carboxylic acid groups (broad SMARTS) is 1. The lowest BCUT2D eigenvalue weighted by molar-refractivity contribution is -0.140. The van der Waals surface area contributed by atoms with E-state index in [0.29, 0.717) is 31.7 Å². The van der Waals surface area contributed by atoms with E-state index in [2.05, 4.69) is 38.5 Å². The highest BCUT2D eigenvalue weighted by Gasteiger charge is 2.34. The SMILES string of the molecule is CCCOCCOCC.CSCCC1NC(=O)[C@H](CCCN=C(N)N)NC(=O)C(CCC(=O)O)NC(=O)[C@H]([C@@H](C)O)NC(=O)COCCOCCCCCNC(C)C(=O)C1=O. The Morgan fingerprint density at radius 1 is 0.836 bits per heavy atom. The first-order valence-electron chi connectivity index (χ1n) is 20.9. The molecule has 1 aliphatic heterocycles. The number of thioether (sulfide) groups is 1. The summed E-state index contributed by atoms with van der Waals surface area (Å²) >= 11 is 1.40. The number of amides is 4. The lowest BCUT2D eigenvalue weighted by atomic mass is 10.0. The van der Waals surface area contributed by atoms with Crippen LogP contribution in [0.25, 0.3) is 0 Å². The fourth-order valence-corrected chi connectivity index (χ4v) is 5.91. The minimum Gasteiger partial charge on any atom is -0.481 e. The molecule has 0 bridgehead atoms. The molecule has 1 rings (SSSR count). The summed E-state index contributed by atoms with van der Waals surface area (Å²) in [5.41, 5.74) is 10.8. The Labute approximate surface area is 363 Å². The predicted octanol–water partition coefficient (Wildman–Crippen LogP) is -1.24. The lowest BCUT2D eigenvalue weighted by Gasteiger charge is -2.27. The zero-order valence-corrected chi connectivity index (χ0v) is 37.3. The summed E-state index contributed by atoms with van der Waals surface area (Å²) in [7, 11) is 0. The third-order valence-electron chi connectivity index (χ3n) is 8.76. The number of nitrogens with zero attached hydrogens (tertiary/aromatic N) is 1. The van der Waals surface area contributed by atoms with Crippen molar-refractivity contribution in [2.75, 3.05) is 78.0 Å². The van der Waals surface area contributed by atoms with E-state index in [1.165, 1.54) is 18.7 Å². The number of Topliss-reactive ketones (excluding diaryl/α,β-unsaturated/α-hetero) is 2.